The monoisotopic (exact) mass is 392 g/mol. The first kappa shape index (κ1) is 19.1. The van der Waals surface area contributed by atoms with Gasteiger partial charge in [0, 0.05) is 18.3 Å². The summed E-state index contributed by atoms with van der Waals surface area (Å²) in [5.74, 6) is 3.15. The number of ether oxygens (including phenoxy) is 1. The Hall–Kier alpha value is -1.87. The number of Topliss-reactive ketones (excluding diaryl/α,β-unsaturated/α-hetero) is 1. The van der Waals surface area contributed by atoms with E-state index in [2.05, 4.69) is 43.3 Å². The fraction of sp³-hybridized carbons (Fsp3) is 0.577. The SMILES string of the molecule is COc1ccc([C@H]2C[C@@]3(C)C(=CC[C@]3(C)O)[C@@H]3CC=C4CC(=O)CC[C@@H]4[C@@H]23)cc1. The molecule has 0 spiro atoms. The zero-order valence-electron chi connectivity index (χ0n) is 17.8. The van der Waals surface area contributed by atoms with Gasteiger partial charge in [0.05, 0.1) is 12.7 Å². The van der Waals surface area contributed by atoms with Crippen molar-refractivity contribution in [1.82, 2.24) is 0 Å². The van der Waals surface area contributed by atoms with Crippen molar-refractivity contribution in [3.8, 4) is 5.75 Å². The first-order valence-corrected chi connectivity index (χ1v) is 11.1. The van der Waals surface area contributed by atoms with E-state index in [1.54, 1.807) is 7.11 Å². The molecule has 1 aromatic rings. The van der Waals surface area contributed by atoms with Crippen molar-refractivity contribution in [1.29, 1.82) is 0 Å². The molecule has 2 fully saturated rings. The van der Waals surface area contributed by atoms with Gasteiger partial charge in [-0.05, 0) is 74.0 Å². The summed E-state index contributed by atoms with van der Waals surface area (Å²) in [4.78, 5) is 12.1. The number of carbonyl (C=O) groups excluding carboxylic acids is 1. The average Bonchev–Trinajstić information content (AvgIpc) is 2.96. The molecule has 4 aliphatic carbocycles. The van der Waals surface area contributed by atoms with E-state index >= 15 is 0 Å². The summed E-state index contributed by atoms with van der Waals surface area (Å²) in [6.07, 6.45) is 9.79. The second-order valence-corrected chi connectivity index (χ2v) is 10.1. The van der Waals surface area contributed by atoms with E-state index in [1.165, 1.54) is 16.7 Å². The number of methoxy groups -OCH3 is 1. The number of rotatable bonds is 2. The topological polar surface area (TPSA) is 46.5 Å². The van der Waals surface area contributed by atoms with E-state index in [0.29, 0.717) is 42.3 Å². The summed E-state index contributed by atoms with van der Waals surface area (Å²) in [5.41, 5.74) is 3.33. The van der Waals surface area contributed by atoms with Gasteiger partial charge in [-0.1, -0.05) is 42.4 Å². The zero-order chi connectivity index (χ0) is 20.4. The molecule has 5 rings (SSSR count). The number of ketones is 1. The van der Waals surface area contributed by atoms with Gasteiger partial charge < -0.3 is 9.84 Å². The van der Waals surface area contributed by atoms with E-state index in [0.717, 1.165) is 31.4 Å². The van der Waals surface area contributed by atoms with Crippen LogP contribution >= 0.6 is 0 Å². The fourth-order valence-electron chi connectivity index (χ4n) is 6.96. The molecule has 2 saturated carbocycles. The molecule has 1 aromatic carbocycles. The Morgan fingerprint density at radius 2 is 1.83 bits per heavy atom. The number of benzene rings is 1. The van der Waals surface area contributed by atoms with Crippen molar-refractivity contribution < 1.29 is 14.6 Å². The Kier molecular flexibility index (Phi) is 4.33. The smallest absolute Gasteiger partial charge is 0.136 e. The van der Waals surface area contributed by atoms with Gasteiger partial charge >= 0.3 is 0 Å². The van der Waals surface area contributed by atoms with Crippen molar-refractivity contribution in [3.05, 3.63) is 53.1 Å². The lowest BCUT2D eigenvalue weighted by molar-refractivity contribution is -0.120. The van der Waals surface area contributed by atoms with Gasteiger partial charge in [0.15, 0.2) is 0 Å². The summed E-state index contributed by atoms with van der Waals surface area (Å²) < 4.78 is 5.39. The van der Waals surface area contributed by atoms with Gasteiger partial charge in [-0.15, -0.1) is 0 Å². The molecule has 29 heavy (non-hydrogen) atoms. The van der Waals surface area contributed by atoms with Crippen LogP contribution in [0.25, 0.3) is 0 Å². The maximum atomic E-state index is 12.1. The van der Waals surface area contributed by atoms with Gasteiger partial charge in [-0.25, -0.2) is 0 Å². The van der Waals surface area contributed by atoms with Gasteiger partial charge in [0.25, 0.3) is 0 Å². The van der Waals surface area contributed by atoms with Crippen molar-refractivity contribution in [3.63, 3.8) is 0 Å². The van der Waals surface area contributed by atoms with Crippen molar-refractivity contribution in [2.45, 2.75) is 63.9 Å². The minimum Gasteiger partial charge on any atom is -0.497 e. The zero-order valence-corrected chi connectivity index (χ0v) is 17.8. The van der Waals surface area contributed by atoms with Crippen LogP contribution in [-0.4, -0.2) is 23.6 Å². The van der Waals surface area contributed by atoms with Crippen LogP contribution in [0.4, 0.5) is 0 Å². The van der Waals surface area contributed by atoms with Gasteiger partial charge in [0.2, 0.25) is 0 Å². The Morgan fingerprint density at radius 1 is 1.07 bits per heavy atom. The summed E-state index contributed by atoms with van der Waals surface area (Å²) in [5, 5.41) is 11.3. The average molecular weight is 393 g/mol. The van der Waals surface area contributed by atoms with E-state index in [1.807, 2.05) is 6.92 Å². The van der Waals surface area contributed by atoms with Crippen molar-refractivity contribution >= 4 is 5.78 Å². The number of hydrogen-bond acceptors (Lipinski definition) is 3. The van der Waals surface area contributed by atoms with Gasteiger partial charge in [-0.2, -0.15) is 0 Å². The molecule has 1 N–H and O–H groups in total. The van der Waals surface area contributed by atoms with Gasteiger partial charge in [-0.3, -0.25) is 4.79 Å². The summed E-state index contributed by atoms with van der Waals surface area (Å²) in [6.45, 7) is 4.30. The van der Waals surface area contributed by atoms with Crippen LogP contribution in [0.15, 0.2) is 47.6 Å². The van der Waals surface area contributed by atoms with Gasteiger partial charge in [0.1, 0.15) is 11.5 Å². The summed E-state index contributed by atoms with van der Waals surface area (Å²) in [7, 11) is 1.71. The third kappa shape index (κ3) is 2.77. The number of aliphatic hydroxyl groups is 1. The molecular weight excluding hydrogens is 360 g/mol. The van der Waals surface area contributed by atoms with Crippen molar-refractivity contribution in [2.24, 2.45) is 23.2 Å². The highest BCUT2D eigenvalue weighted by atomic mass is 16.5. The summed E-state index contributed by atoms with van der Waals surface area (Å²) in [6, 6.07) is 8.56. The first-order chi connectivity index (χ1) is 13.8. The van der Waals surface area contributed by atoms with Crippen LogP contribution in [0.5, 0.6) is 5.75 Å². The molecule has 0 heterocycles. The van der Waals surface area contributed by atoms with Crippen LogP contribution < -0.4 is 4.74 Å². The molecule has 3 heteroatoms. The number of hydrogen-bond donors (Lipinski definition) is 1. The maximum absolute atomic E-state index is 12.1. The predicted octanol–water partition coefficient (Wildman–Crippen LogP) is 5.20. The number of fused-ring (bicyclic) bond motifs is 5. The third-order valence-corrected chi connectivity index (χ3v) is 8.76. The van der Waals surface area contributed by atoms with Crippen LogP contribution in [-0.2, 0) is 4.79 Å². The second-order valence-electron chi connectivity index (χ2n) is 10.1. The Balaban J connectivity index is 1.61. The molecule has 154 valence electrons. The maximum Gasteiger partial charge on any atom is 0.136 e. The van der Waals surface area contributed by atoms with E-state index in [9.17, 15) is 9.90 Å². The molecular formula is C26H32O3. The first-order valence-electron chi connectivity index (χ1n) is 11.1. The number of carbonyl (C=O) groups is 1. The lowest BCUT2D eigenvalue weighted by atomic mass is 9.49. The lowest BCUT2D eigenvalue weighted by Crippen LogP contribution is -2.51. The lowest BCUT2D eigenvalue weighted by Gasteiger charge is -2.56. The molecule has 0 bridgehead atoms. The minimum atomic E-state index is -0.690. The molecule has 6 atom stereocenters. The normalized spacial score (nSPS) is 41.0. The van der Waals surface area contributed by atoms with E-state index in [-0.39, 0.29) is 5.41 Å². The minimum absolute atomic E-state index is 0.186. The molecule has 0 saturated heterocycles. The van der Waals surface area contributed by atoms with Crippen molar-refractivity contribution in [2.75, 3.05) is 7.11 Å². The summed E-state index contributed by atoms with van der Waals surface area (Å²) >= 11 is 0. The fourth-order valence-corrected chi connectivity index (χ4v) is 6.96. The quantitative estimate of drug-likeness (QED) is 0.704. The standard InChI is InChI=1S/C26H32O3/c1-25-15-22(16-4-8-19(29-3)9-5-16)24-20-11-7-18(27)14-17(20)6-10-21(24)23(25)12-13-26(25,2)28/h4-6,8-9,12,20-22,24,28H,7,10-11,13-15H2,1-3H3/t20-,21-,22+,24+,25-,26-/m0/s1. The largest absolute Gasteiger partial charge is 0.497 e. The van der Waals surface area contributed by atoms with Crippen LogP contribution in [0.3, 0.4) is 0 Å². The molecule has 4 aliphatic rings. The van der Waals surface area contributed by atoms with Crippen LogP contribution in [0, 0.1) is 23.2 Å². The Bertz CT molecular complexity index is 891. The Labute approximate surface area is 173 Å². The molecule has 0 radical (unpaired) electrons. The van der Waals surface area contributed by atoms with Crippen LogP contribution in [0.2, 0.25) is 0 Å². The molecule has 0 unspecified atom stereocenters. The highest BCUT2D eigenvalue weighted by Gasteiger charge is 2.59. The second kappa shape index (κ2) is 6.57. The third-order valence-electron chi connectivity index (χ3n) is 8.76. The Morgan fingerprint density at radius 3 is 2.55 bits per heavy atom. The van der Waals surface area contributed by atoms with Crippen LogP contribution in [0.1, 0.15) is 63.9 Å². The number of allylic oxidation sites excluding steroid dienone is 2. The molecule has 0 amide bonds. The highest BCUT2D eigenvalue weighted by molar-refractivity contribution is 5.82. The molecule has 0 aromatic heterocycles. The molecule has 0 aliphatic heterocycles. The molecule has 3 nitrogen and oxygen atoms in total. The predicted molar refractivity (Wildman–Crippen MR) is 114 cm³/mol. The highest BCUT2D eigenvalue weighted by Crippen LogP contribution is 2.65. The van der Waals surface area contributed by atoms with E-state index < -0.39 is 5.60 Å². The van der Waals surface area contributed by atoms with E-state index in [4.69, 9.17) is 4.74 Å².